The number of pyridine rings is 1. The van der Waals surface area contributed by atoms with Gasteiger partial charge in [0.25, 0.3) is 0 Å². The number of nitrogens with zero attached hydrogens (tertiary/aromatic N) is 3. The molecule has 0 atom stereocenters. The van der Waals surface area contributed by atoms with Crippen molar-refractivity contribution in [2.24, 2.45) is 0 Å². The molecule has 84 valence electrons. The van der Waals surface area contributed by atoms with Gasteiger partial charge in [0, 0.05) is 10.7 Å². The van der Waals surface area contributed by atoms with Gasteiger partial charge in [-0.25, -0.2) is 4.68 Å². The van der Waals surface area contributed by atoms with Crippen LogP contribution in [0.25, 0.3) is 0 Å². The lowest BCUT2D eigenvalue weighted by atomic mass is 10.3. The van der Waals surface area contributed by atoms with E-state index in [4.69, 9.17) is 5.73 Å². The second-order valence-corrected chi connectivity index (χ2v) is 5.12. The van der Waals surface area contributed by atoms with Crippen LogP contribution >= 0.6 is 31.9 Å². The Kier molecular flexibility index (Phi) is 3.30. The molecule has 0 aromatic carbocycles. The van der Waals surface area contributed by atoms with E-state index in [0.717, 1.165) is 20.3 Å². The van der Waals surface area contributed by atoms with Crippen LogP contribution in [0.15, 0.2) is 27.3 Å². The molecule has 4 nitrogen and oxygen atoms in total. The van der Waals surface area contributed by atoms with Crippen LogP contribution in [0, 0.1) is 6.92 Å². The maximum atomic E-state index is 5.90. The number of nitrogens with two attached hydrogens (primary N) is 1. The van der Waals surface area contributed by atoms with Crippen LogP contribution in [-0.2, 0) is 6.54 Å². The highest BCUT2D eigenvalue weighted by atomic mass is 79.9. The Labute approximate surface area is 110 Å². The zero-order valence-electron chi connectivity index (χ0n) is 8.61. The van der Waals surface area contributed by atoms with E-state index in [1.165, 1.54) is 0 Å². The largest absolute Gasteiger partial charge is 0.383 e. The van der Waals surface area contributed by atoms with Crippen LogP contribution in [0.4, 0.5) is 5.82 Å². The monoisotopic (exact) mass is 344 g/mol. The van der Waals surface area contributed by atoms with Crippen molar-refractivity contribution in [2.45, 2.75) is 13.5 Å². The molecule has 6 heteroatoms. The van der Waals surface area contributed by atoms with Crippen LogP contribution in [0.3, 0.4) is 0 Å². The quantitative estimate of drug-likeness (QED) is 0.910. The highest BCUT2D eigenvalue weighted by Gasteiger charge is 2.09. The Morgan fingerprint density at radius 2 is 2.12 bits per heavy atom. The van der Waals surface area contributed by atoms with Gasteiger partial charge in [0.05, 0.1) is 22.4 Å². The van der Waals surface area contributed by atoms with Crippen molar-refractivity contribution < 1.29 is 0 Å². The van der Waals surface area contributed by atoms with Crippen LogP contribution in [0.5, 0.6) is 0 Å². The summed E-state index contributed by atoms with van der Waals surface area (Å²) in [6.07, 6.45) is 1.76. The molecule has 2 N–H and O–H groups in total. The molecule has 16 heavy (non-hydrogen) atoms. The SMILES string of the molecule is Cc1nn(Cc2ccc(Br)cn2)c(N)c1Br. The van der Waals surface area contributed by atoms with Crippen molar-refractivity contribution in [3.63, 3.8) is 0 Å². The first-order valence-electron chi connectivity index (χ1n) is 4.66. The molecule has 2 rings (SSSR count). The number of nitrogen functional groups attached to an aromatic ring is 1. The topological polar surface area (TPSA) is 56.7 Å². The van der Waals surface area contributed by atoms with Gasteiger partial charge in [0.2, 0.25) is 0 Å². The predicted molar refractivity (Wildman–Crippen MR) is 70.1 cm³/mol. The molecule has 2 aromatic rings. The maximum Gasteiger partial charge on any atom is 0.136 e. The summed E-state index contributed by atoms with van der Waals surface area (Å²) in [6.45, 7) is 2.48. The molecule has 0 radical (unpaired) electrons. The van der Waals surface area contributed by atoms with E-state index in [1.807, 2.05) is 19.1 Å². The van der Waals surface area contributed by atoms with E-state index < -0.39 is 0 Å². The van der Waals surface area contributed by atoms with E-state index >= 15 is 0 Å². The van der Waals surface area contributed by atoms with Gasteiger partial charge in [0.1, 0.15) is 5.82 Å². The van der Waals surface area contributed by atoms with Crippen molar-refractivity contribution in [3.05, 3.63) is 38.7 Å². The van der Waals surface area contributed by atoms with E-state index in [0.29, 0.717) is 12.4 Å². The van der Waals surface area contributed by atoms with Gasteiger partial charge in [-0.15, -0.1) is 0 Å². The third-order valence-corrected chi connectivity index (χ3v) is 3.64. The van der Waals surface area contributed by atoms with Crippen LogP contribution in [0.1, 0.15) is 11.4 Å². The molecule has 0 aliphatic rings. The fourth-order valence-electron chi connectivity index (χ4n) is 1.35. The van der Waals surface area contributed by atoms with Gasteiger partial charge in [-0.2, -0.15) is 5.10 Å². The molecular weight excluding hydrogens is 336 g/mol. The summed E-state index contributed by atoms with van der Waals surface area (Å²) in [7, 11) is 0. The van der Waals surface area contributed by atoms with Gasteiger partial charge in [-0.1, -0.05) is 0 Å². The Bertz CT molecular complexity index is 504. The number of aryl methyl sites for hydroxylation is 1. The molecule has 0 aliphatic carbocycles. The Morgan fingerprint density at radius 1 is 1.38 bits per heavy atom. The van der Waals surface area contributed by atoms with Crippen LogP contribution in [0.2, 0.25) is 0 Å². The Balaban J connectivity index is 2.27. The molecular formula is C10H10Br2N4. The fourth-order valence-corrected chi connectivity index (χ4v) is 1.87. The third kappa shape index (κ3) is 2.27. The lowest BCUT2D eigenvalue weighted by Crippen LogP contribution is -2.07. The second-order valence-electron chi connectivity index (χ2n) is 3.41. The minimum Gasteiger partial charge on any atom is -0.383 e. The van der Waals surface area contributed by atoms with Gasteiger partial charge in [-0.3, -0.25) is 4.98 Å². The summed E-state index contributed by atoms with van der Waals surface area (Å²) < 4.78 is 3.54. The molecule has 0 aliphatic heterocycles. The smallest absolute Gasteiger partial charge is 0.136 e. The average molecular weight is 346 g/mol. The predicted octanol–water partition coefficient (Wildman–Crippen LogP) is 2.74. The van der Waals surface area contributed by atoms with Gasteiger partial charge < -0.3 is 5.73 Å². The van der Waals surface area contributed by atoms with Crippen LogP contribution < -0.4 is 5.73 Å². The number of hydrogen-bond acceptors (Lipinski definition) is 3. The van der Waals surface area contributed by atoms with Crippen molar-refractivity contribution >= 4 is 37.7 Å². The zero-order valence-corrected chi connectivity index (χ0v) is 11.8. The van der Waals surface area contributed by atoms with E-state index in [-0.39, 0.29) is 0 Å². The summed E-state index contributed by atoms with van der Waals surface area (Å²) in [4.78, 5) is 4.28. The average Bonchev–Trinajstić information content (AvgIpc) is 2.50. The summed E-state index contributed by atoms with van der Waals surface area (Å²) in [6, 6.07) is 3.89. The first-order chi connectivity index (χ1) is 7.58. The molecule has 2 heterocycles. The minimum atomic E-state index is 0.575. The molecule has 2 aromatic heterocycles. The molecule has 0 unspecified atom stereocenters. The Hall–Kier alpha value is -0.880. The number of halogens is 2. The number of aromatic nitrogens is 3. The zero-order chi connectivity index (χ0) is 11.7. The molecule has 0 bridgehead atoms. The standard InChI is InChI=1S/C10H10Br2N4/c1-6-9(12)10(13)16(15-6)5-8-3-2-7(11)4-14-8/h2-4H,5,13H2,1H3. The van der Waals surface area contributed by atoms with E-state index in [9.17, 15) is 0 Å². The van der Waals surface area contributed by atoms with Crippen molar-refractivity contribution in [3.8, 4) is 0 Å². The van der Waals surface area contributed by atoms with Gasteiger partial charge >= 0.3 is 0 Å². The van der Waals surface area contributed by atoms with Crippen LogP contribution in [-0.4, -0.2) is 14.8 Å². The number of rotatable bonds is 2. The lowest BCUT2D eigenvalue weighted by molar-refractivity contribution is 0.675. The minimum absolute atomic E-state index is 0.575. The highest BCUT2D eigenvalue weighted by Crippen LogP contribution is 2.23. The molecule has 0 saturated heterocycles. The number of hydrogen-bond donors (Lipinski definition) is 1. The Morgan fingerprint density at radius 3 is 2.62 bits per heavy atom. The van der Waals surface area contributed by atoms with E-state index in [1.54, 1.807) is 10.9 Å². The summed E-state index contributed by atoms with van der Waals surface area (Å²) in [5.74, 6) is 0.627. The number of anilines is 1. The second kappa shape index (κ2) is 4.55. The van der Waals surface area contributed by atoms with Crippen molar-refractivity contribution in [1.29, 1.82) is 0 Å². The fraction of sp³-hybridized carbons (Fsp3) is 0.200. The van der Waals surface area contributed by atoms with Gasteiger partial charge in [-0.05, 0) is 50.9 Å². The lowest BCUT2D eigenvalue weighted by Gasteiger charge is -2.03. The summed E-state index contributed by atoms with van der Waals surface area (Å²) >= 11 is 6.73. The summed E-state index contributed by atoms with van der Waals surface area (Å²) in [5, 5.41) is 4.32. The van der Waals surface area contributed by atoms with Crippen molar-refractivity contribution in [1.82, 2.24) is 14.8 Å². The summed E-state index contributed by atoms with van der Waals surface area (Å²) in [5.41, 5.74) is 7.70. The molecule has 0 fully saturated rings. The van der Waals surface area contributed by atoms with E-state index in [2.05, 4.69) is 41.9 Å². The molecule has 0 saturated carbocycles. The third-order valence-electron chi connectivity index (χ3n) is 2.19. The van der Waals surface area contributed by atoms with Gasteiger partial charge in [0.15, 0.2) is 0 Å². The maximum absolute atomic E-state index is 5.90. The first kappa shape index (κ1) is 11.6. The molecule has 0 spiro atoms. The normalized spacial score (nSPS) is 10.7. The molecule has 0 amide bonds. The highest BCUT2D eigenvalue weighted by molar-refractivity contribution is 9.10. The van der Waals surface area contributed by atoms with Crippen molar-refractivity contribution in [2.75, 3.05) is 5.73 Å². The first-order valence-corrected chi connectivity index (χ1v) is 6.25.